The van der Waals surface area contributed by atoms with Crippen LogP contribution in [0.25, 0.3) is 0 Å². The van der Waals surface area contributed by atoms with E-state index < -0.39 is 0 Å². The second-order valence-electron chi connectivity index (χ2n) is 7.42. The van der Waals surface area contributed by atoms with Crippen molar-refractivity contribution in [1.82, 2.24) is 14.7 Å². The minimum atomic E-state index is -0.120. The van der Waals surface area contributed by atoms with E-state index in [0.717, 1.165) is 43.3 Å². The maximum Gasteiger partial charge on any atom is 0.251 e. The largest absolute Gasteiger partial charge is 0.352 e. The first kappa shape index (κ1) is 21.1. The third kappa shape index (κ3) is 5.31. The van der Waals surface area contributed by atoms with E-state index in [2.05, 4.69) is 26.7 Å². The Morgan fingerprint density at radius 3 is 2.60 bits per heavy atom. The summed E-state index contributed by atoms with van der Waals surface area (Å²) < 4.78 is 4.52. The third-order valence-electron chi connectivity index (χ3n) is 5.28. The molecular formula is C22H22Cl2N4OS. The lowest BCUT2D eigenvalue weighted by atomic mass is 9.97. The highest BCUT2D eigenvalue weighted by Crippen LogP contribution is 2.26. The molecule has 0 bridgehead atoms. The van der Waals surface area contributed by atoms with E-state index >= 15 is 0 Å². The van der Waals surface area contributed by atoms with Gasteiger partial charge in [-0.2, -0.15) is 4.37 Å². The molecule has 1 fully saturated rings. The molecule has 0 atom stereocenters. The molecule has 0 radical (unpaired) electrons. The van der Waals surface area contributed by atoms with Crippen molar-refractivity contribution in [3.05, 3.63) is 75.5 Å². The van der Waals surface area contributed by atoms with Gasteiger partial charge in [0.1, 0.15) is 5.82 Å². The molecule has 1 aliphatic rings. The van der Waals surface area contributed by atoms with Gasteiger partial charge >= 0.3 is 0 Å². The third-order valence-corrected chi connectivity index (χ3v) is 6.83. The van der Waals surface area contributed by atoms with Crippen molar-refractivity contribution in [2.75, 3.05) is 24.5 Å². The molecule has 156 valence electrons. The molecule has 1 aromatic heterocycles. The van der Waals surface area contributed by atoms with E-state index in [9.17, 15) is 4.79 Å². The Morgan fingerprint density at radius 1 is 1.10 bits per heavy atom. The molecule has 1 N–H and O–H groups in total. The SMILES string of the molecule is O=C(NCC1CCN(c2nc(Cc3ccccc3)ns2)CC1)c1ccc(Cl)c(Cl)c1. The van der Waals surface area contributed by atoms with E-state index in [1.807, 2.05) is 18.2 Å². The number of carbonyl (C=O) groups is 1. The minimum Gasteiger partial charge on any atom is -0.352 e. The highest BCUT2D eigenvalue weighted by Gasteiger charge is 2.22. The zero-order valence-electron chi connectivity index (χ0n) is 16.4. The van der Waals surface area contributed by atoms with Gasteiger partial charge in [0.2, 0.25) is 5.13 Å². The first-order valence-electron chi connectivity index (χ1n) is 9.93. The van der Waals surface area contributed by atoms with Crippen LogP contribution in [0.1, 0.15) is 34.6 Å². The summed E-state index contributed by atoms with van der Waals surface area (Å²) in [5, 5.41) is 4.84. The Bertz CT molecular complexity index is 1000. The van der Waals surface area contributed by atoms with Gasteiger partial charge in [-0.25, -0.2) is 4.98 Å². The van der Waals surface area contributed by atoms with E-state index in [4.69, 9.17) is 28.2 Å². The van der Waals surface area contributed by atoms with Gasteiger partial charge in [-0.05, 0) is 42.5 Å². The summed E-state index contributed by atoms with van der Waals surface area (Å²) in [6.45, 7) is 2.50. The van der Waals surface area contributed by atoms with E-state index in [1.165, 1.54) is 17.1 Å². The fourth-order valence-electron chi connectivity index (χ4n) is 3.53. The van der Waals surface area contributed by atoms with Gasteiger partial charge < -0.3 is 10.2 Å². The number of amides is 1. The molecule has 2 heterocycles. The van der Waals surface area contributed by atoms with Crippen molar-refractivity contribution in [1.29, 1.82) is 0 Å². The first-order valence-corrected chi connectivity index (χ1v) is 11.5. The van der Waals surface area contributed by atoms with Crippen LogP contribution in [-0.4, -0.2) is 34.9 Å². The molecule has 3 aromatic rings. The second-order valence-corrected chi connectivity index (χ2v) is 8.97. The van der Waals surface area contributed by atoms with Gasteiger partial charge in [0, 0.05) is 43.2 Å². The van der Waals surface area contributed by atoms with Gasteiger partial charge in [0.05, 0.1) is 10.0 Å². The number of benzene rings is 2. The fraction of sp³-hybridized carbons (Fsp3) is 0.318. The number of aromatic nitrogens is 2. The van der Waals surface area contributed by atoms with Crippen molar-refractivity contribution in [3.8, 4) is 0 Å². The average molecular weight is 461 g/mol. The Hall–Kier alpha value is -2.15. The molecule has 1 saturated heterocycles. The molecule has 1 amide bonds. The summed E-state index contributed by atoms with van der Waals surface area (Å²) in [5.74, 6) is 1.20. The molecule has 2 aromatic carbocycles. The van der Waals surface area contributed by atoms with E-state index in [-0.39, 0.29) is 5.91 Å². The van der Waals surface area contributed by atoms with Crippen LogP contribution in [0, 0.1) is 5.92 Å². The summed E-state index contributed by atoms with van der Waals surface area (Å²) in [6.07, 6.45) is 2.78. The van der Waals surface area contributed by atoms with Crippen molar-refractivity contribution in [3.63, 3.8) is 0 Å². The molecular weight excluding hydrogens is 439 g/mol. The fourth-order valence-corrected chi connectivity index (χ4v) is 4.56. The Kier molecular flexibility index (Phi) is 6.87. The molecule has 8 heteroatoms. The lowest BCUT2D eigenvalue weighted by molar-refractivity contribution is 0.0945. The first-order chi connectivity index (χ1) is 14.6. The Labute approximate surface area is 190 Å². The highest BCUT2D eigenvalue weighted by molar-refractivity contribution is 7.09. The summed E-state index contributed by atoms with van der Waals surface area (Å²) in [6, 6.07) is 15.2. The van der Waals surface area contributed by atoms with Crippen molar-refractivity contribution < 1.29 is 4.79 Å². The standard InChI is InChI=1S/C22H22Cl2N4OS/c23-18-7-6-17(13-19(18)24)21(29)25-14-16-8-10-28(11-9-16)22-26-20(27-30-22)12-15-4-2-1-3-5-15/h1-7,13,16H,8-12,14H2,(H,25,29). The molecule has 0 spiro atoms. The number of piperidine rings is 1. The summed E-state index contributed by atoms with van der Waals surface area (Å²) >= 11 is 13.4. The van der Waals surface area contributed by atoms with Gasteiger partial charge in [-0.3, -0.25) is 4.79 Å². The average Bonchev–Trinajstić information content (AvgIpc) is 3.23. The van der Waals surface area contributed by atoms with Crippen LogP contribution in [0.2, 0.25) is 10.0 Å². The Morgan fingerprint density at radius 2 is 1.87 bits per heavy atom. The van der Waals surface area contributed by atoms with Gasteiger partial charge in [0.25, 0.3) is 5.91 Å². The molecule has 0 aliphatic carbocycles. The van der Waals surface area contributed by atoms with Crippen LogP contribution in [0.3, 0.4) is 0 Å². The van der Waals surface area contributed by atoms with E-state index in [0.29, 0.717) is 28.1 Å². The zero-order chi connectivity index (χ0) is 20.9. The van der Waals surface area contributed by atoms with Crippen LogP contribution < -0.4 is 10.2 Å². The molecule has 5 nitrogen and oxygen atoms in total. The summed E-state index contributed by atoms with van der Waals surface area (Å²) in [4.78, 5) is 19.4. The second kappa shape index (κ2) is 9.77. The molecule has 1 aliphatic heterocycles. The number of rotatable bonds is 6. The van der Waals surface area contributed by atoms with Gasteiger partial charge in [-0.15, -0.1) is 0 Å². The quantitative estimate of drug-likeness (QED) is 0.556. The van der Waals surface area contributed by atoms with Gasteiger partial charge in [0.15, 0.2) is 0 Å². The predicted molar refractivity (Wildman–Crippen MR) is 123 cm³/mol. The number of carbonyl (C=O) groups excluding carboxylic acids is 1. The normalized spacial score (nSPS) is 14.7. The number of halogens is 2. The van der Waals surface area contributed by atoms with Crippen molar-refractivity contribution in [2.24, 2.45) is 5.92 Å². The van der Waals surface area contributed by atoms with Crippen molar-refractivity contribution in [2.45, 2.75) is 19.3 Å². The number of nitrogens with one attached hydrogen (secondary N) is 1. The molecule has 4 rings (SSSR count). The monoisotopic (exact) mass is 460 g/mol. The number of nitrogens with zero attached hydrogens (tertiary/aromatic N) is 3. The van der Waals surface area contributed by atoms with Crippen LogP contribution in [0.4, 0.5) is 5.13 Å². The predicted octanol–water partition coefficient (Wildman–Crippen LogP) is 5.08. The maximum absolute atomic E-state index is 12.3. The molecule has 0 unspecified atom stereocenters. The highest BCUT2D eigenvalue weighted by atomic mass is 35.5. The summed E-state index contributed by atoms with van der Waals surface area (Å²) in [7, 11) is 0. The Balaban J connectivity index is 1.25. The molecule has 30 heavy (non-hydrogen) atoms. The van der Waals surface area contributed by atoms with Crippen LogP contribution >= 0.6 is 34.7 Å². The lowest BCUT2D eigenvalue weighted by Gasteiger charge is -2.31. The van der Waals surface area contributed by atoms with Gasteiger partial charge in [-0.1, -0.05) is 53.5 Å². The van der Waals surface area contributed by atoms with E-state index in [1.54, 1.807) is 18.2 Å². The molecule has 0 saturated carbocycles. The van der Waals surface area contributed by atoms with Crippen LogP contribution in [0.15, 0.2) is 48.5 Å². The van der Waals surface area contributed by atoms with Crippen LogP contribution in [0.5, 0.6) is 0 Å². The number of hydrogen-bond donors (Lipinski definition) is 1. The zero-order valence-corrected chi connectivity index (χ0v) is 18.7. The minimum absolute atomic E-state index is 0.120. The van der Waals surface area contributed by atoms with Crippen LogP contribution in [-0.2, 0) is 6.42 Å². The summed E-state index contributed by atoms with van der Waals surface area (Å²) in [5.41, 5.74) is 1.75. The topological polar surface area (TPSA) is 58.1 Å². The number of hydrogen-bond acceptors (Lipinski definition) is 5. The van der Waals surface area contributed by atoms with Crippen molar-refractivity contribution >= 4 is 45.8 Å². The lowest BCUT2D eigenvalue weighted by Crippen LogP contribution is -2.38. The number of anilines is 1. The maximum atomic E-state index is 12.3. The smallest absolute Gasteiger partial charge is 0.251 e.